The minimum Gasteiger partial charge on any atom is -0.394 e. The molecule has 0 unspecified atom stereocenters. The number of pyridine rings is 2. The van der Waals surface area contributed by atoms with Crippen molar-refractivity contribution in [2.45, 2.75) is 56.7 Å². The van der Waals surface area contributed by atoms with Crippen LogP contribution in [0.4, 0.5) is 17.3 Å². The zero-order chi connectivity index (χ0) is 29.7. The van der Waals surface area contributed by atoms with Gasteiger partial charge < -0.3 is 25.2 Å². The van der Waals surface area contributed by atoms with Crippen molar-refractivity contribution < 1.29 is 9.63 Å². The number of benzene rings is 1. The summed E-state index contributed by atoms with van der Waals surface area (Å²) in [4.78, 5) is 29.8. The molecule has 4 aromatic heterocycles. The quantitative estimate of drug-likeness (QED) is 0.241. The summed E-state index contributed by atoms with van der Waals surface area (Å²) in [5.41, 5.74) is 2.93. The van der Waals surface area contributed by atoms with Crippen LogP contribution in [0.25, 0.3) is 22.5 Å². The van der Waals surface area contributed by atoms with Crippen molar-refractivity contribution in [1.29, 1.82) is 0 Å². The van der Waals surface area contributed by atoms with Gasteiger partial charge in [0.15, 0.2) is 11.5 Å². The highest BCUT2D eigenvalue weighted by Gasteiger charge is 2.44. The maximum Gasteiger partial charge on any atom is 0.276 e. The molecule has 12 nitrogen and oxygen atoms in total. The van der Waals surface area contributed by atoms with Crippen LogP contribution in [0.1, 0.15) is 49.5 Å². The van der Waals surface area contributed by atoms with Crippen molar-refractivity contribution in [3.05, 3.63) is 76.5 Å². The third-order valence-electron chi connectivity index (χ3n) is 9.59. The number of nitrogens with zero attached hydrogens (tertiary/aromatic N) is 7. The molecule has 3 saturated heterocycles. The van der Waals surface area contributed by atoms with Gasteiger partial charge in [0, 0.05) is 30.8 Å². The normalized spacial score (nSPS) is 21.7. The summed E-state index contributed by atoms with van der Waals surface area (Å²) < 4.78 is 9.65. The Kier molecular flexibility index (Phi) is 6.68. The van der Waals surface area contributed by atoms with Crippen LogP contribution >= 0.6 is 0 Å². The number of aliphatic hydroxyl groups is 1. The number of fused-ring (bicyclic) bond motifs is 6. The van der Waals surface area contributed by atoms with E-state index in [1.807, 2.05) is 47.1 Å². The molecule has 3 fully saturated rings. The third-order valence-corrected chi connectivity index (χ3v) is 9.59. The van der Waals surface area contributed by atoms with Gasteiger partial charge in [0.2, 0.25) is 0 Å². The number of anilines is 3. The van der Waals surface area contributed by atoms with Gasteiger partial charge in [0.1, 0.15) is 11.6 Å². The second-order valence-corrected chi connectivity index (χ2v) is 12.2. The second-order valence-electron chi connectivity index (χ2n) is 12.2. The van der Waals surface area contributed by atoms with Crippen LogP contribution in [-0.4, -0.2) is 65.7 Å². The highest BCUT2D eigenvalue weighted by Crippen LogP contribution is 2.42. The van der Waals surface area contributed by atoms with Gasteiger partial charge in [-0.3, -0.25) is 9.48 Å². The average Bonchev–Trinajstić information content (AvgIpc) is 3.69. The Morgan fingerprint density at radius 2 is 1.70 bits per heavy atom. The lowest BCUT2D eigenvalue weighted by Crippen LogP contribution is -2.51. The van der Waals surface area contributed by atoms with Crippen LogP contribution in [0.5, 0.6) is 0 Å². The molecule has 0 aliphatic carbocycles. The molecule has 4 aliphatic heterocycles. The van der Waals surface area contributed by atoms with E-state index in [1.54, 1.807) is 16.9 Å². The standard InChI is InChI=1S/C32H35N9O3/c42-20-25(21-6-2-1-3-7-21)34-24-18-27(35-26-9-8-22-28(36-26)40-13-4-5-14-41(40)30(22)43)33-19-23(24)29-37-31(38-44-29)32-10-15-39(16-11-32)17-12-32/h1-3,6-9,18-19,25,42H,4-5,10-17,20H2,(H2,33,34,35,36)/t25-/m1/s1. The summed E-state index contributed by atoms with van der Waals surface area (Å²) in [5.74, 6) is 2.30. The Labute approximate surface area is 253 Å². The maximum absolute atomic E-state index is 12.9. The second kappa shape index (κ2) is 10.9. The number of piperidine rings is 3. The molecule has 44 heavy (non-hydrogen) atoms. The van der Waals surface area contributed by atoms with Crippen molar-refractivity contribution >= 4 is 28.4 Å². The molecule has 0 radical (unpaired) electrons. The fourth-order valence-corrected chi connectivity index (χ4v) is 6.98. The van der Waals surface area contributed by atoms with Crippen LogP contribution in [0.15, 0.2) is 64.0 Å². The first-order valence-corrected chi connectivity index (χ1v) is 15.5. The Balaban J connectivity index is 1.15. The molecule has 9 rings (SSSR count). The molecule has 8 heterocycles. The summed E-state index contributed by atoms with van der Waals surface area (Å²) in [6.45, 7) is 4.55. The fourth-order valence-electron chi connectivity index (χ4n) is 6.98. The number of aryl methyl sites for hydroxylation is 1. The van der Waals surface area contributed by atoms with Gasteiger partial charge in [0.25, 0.3) is 11.4 Å². The topological polar surface area (TPSA) is 139 Å². The lowest BCUT2D eigenvalue weighted by molar-refractivity contribution is 0.0747. The van der Waals surface area contributed by atoms with Crippen molar-refractivity contribution in [1.82, 2.24) is 34.4 Å². The van der Waals surface area contributed by atoms with Gasteiger partial charge in [0.05, 0.1) is 29.3 Å². The Morgan fingerprint density at radius 1 is 0.932 bits per heavy atom. The number of nitrogens with one attached hydrogen (secondary N) is 2. The smallest absolute Gasteiger partial charge is 0.276 e. The van der Waals surface area contributed by atoms with Gasteiger partial charge >= 0.3 is 0 Å². The highest BCUT2D eigenvalue weighted by molar-refractivity contribution is 5.79. The molecule has 4 aliphatic rings. The predicted octanol–water partition coefficient (Wildman–Crippen LogP) is 4.06. The molecule has 0 spiro atoms. The predicted molar refractivity (Wildman–Crippen MR) is 166 cm³/mol. The number of hydrogen-bond donors (Lipinski definition) is 3. The van der Waals surface area contributed by atoms with Crippen molar-refractivity contribution in [2.24, 2.45) is 0 Å². The summed E-state index contributed by atoms with van der Waals surface area (Å²) in [6, 6.07) is 14.9. The van der Waals surface area contributed by atoms with E-state index >= 15 is 0 Å². The van der Waals surface area contributed by atoms with Crippen molar-refractivity contribution in [3.63, 3.8) is 0 Å². The van der Waals surface area contributed by atoms with Gasteiger partial charge in [-0.25, -0.2) is 14.6 Å². The van der Waals surface area contributed by atoms with Crippen LogP contribution in [-0.2, 0) is 18.5 Å². The molecule has 5 aromatic rings. The highest BCUT2D eigenvalue weighted by atomic mass is 16.5. The van der Waals surface area contributed by atoms with Crippen LogP contribution in [0.2, 0.25) is 0 Å². The minimum absolute atomic E-state index is 0.000850. The third kappa shape index (κ3) is 4.65. The zero-order valence-corrected chi connectivity index (χ0v) is 24.4. The lowest BCUT2D eigenvalue weighted by Gasteiger charge is -2.46. The van der Waals surface area contributed by atoms with E-state index in [-0.39, 0.29) is 23.6 Å². The number of rotatable bonds is 8. The Hall–Kier alpha value is -4.55. The molecule has 1 atom stereocenters. The SMILES string of the molecule is O=c1c2ccc(Nc3cc(N[C@H](CO)c4ccccc4)c(-c4nc(C56CCN(CC5)CC6)no4)cn3)nc2n2n1CCCC2. The first-order chi connectivity index (χ1) is 21.6. The Bertz CT molecular complexity index is 1860. The molecule has 1 aromatic carbocycles. The van der Waals surface area contributed by atoms with Gasteiger partial charge in [-0.1, -0.05) is 35.5 Å². The van der Waals surface area contributed by atoms with E-state index in [0.29, 0.717) is 46.4 Å². The maximum atomic E-state index is 12.9. The van der Waals surface area contributed by atoms with E-state index in [1.165, 1.54) is 0 Å². The molecule has 3 N–H and O–H groups in total. The molecule has 0 saturated carbocycles. The average molecular weight is 594 g/mol. The minimum atomic E-state index is -0.372. The summed E-state index contributed by atoms with van der Waals surface area (Å²) in [7, 11) is 0. The molecular formula is C32H35N9O3. The zero-order valence-electron chi connectivity index (χ0n) is 24.4. The van der Waals surface area contributed by atoms with Gasteiger partial charge in [-0.05, 0) is 69.4 Å². The summed E-state index contributed by atoms with van der Waals surface area (Å²) in [5, 5.41) is 22.3. The molecule has 0 amide bonds. The van der Waals surface area contributed by atoms with E-state index in [2.05, 4.69) is 20.7 Å². The first kappa shape index (κ1) is 27.0. The number of aliphatic hydroxyl groups excluding tert-OH is 1. The molecule has 2 bridgehead atoms. The van der Waals surface area contributed by atoms with Gasteiger partial charge in [-0.2, -0.15) is 4.98 Å². The largest absolute Gasteiger partial charge is 0.394 e. The molecule has 226 valence electrons. The van der Waals surface area contributed by atoms with E-state index < -0.39 is 0 Å². The van der Waals surface area contributed by atoms with E-state index in [0.717, 1.165) is 69.7 Å². The van der Waals surface area contributed by atoms with Crippen LogP contribution in [0.3, 0.4) is 0 Å². The monoisotopic (exact) mass is 593 g/mol. The van der Waals surface area contributed by atoms with Crippen LogP contribution < -0.4 is 16.2 Å². The fraction of sp³-hybridized carbons (Fsp3) is 0.406. The number of aromatic nitrogens is 6. The molecular weight excluding hydrogens is 558 g/mol. The summed E-state index contributed by atoms with van der Waals surface area (Å²) >= 11 is 0. The lowest BCUT2D eigenvalue weighted by atomic mass is 9.71. The molecule has 12 heteroatoms. The van der Waals surface area contributed by atoms with Crippen LogP contribution in [0, 0.1) is 0 Å². The van der Waals surface area contributed by atoms with Crippen molar-refractivity contribution in [2.75, 3.05) is 36.9 Å². The van der Waals surface area contributed by atoms with E-state index in [9.17, 15) is 9.90 Å². The first-order valence-electron chi connectivity index (χ1n) is 15.5. The Morgan fingerprint density at radius 3 is 2.48 bits per heavy atom. The van der Waals surface area contributed by atoms with Gasteiger partial charge in [-0.15, -0.1) is 0 Å². The number of hydrogen-bond acceptors (Lipinski definition) is 10. The van der Waals surface area contributed by atoms with E-state index in [4.69, 9.17) is 19.5 Å². The summed E-state index contributed by atoms with van der Waals surface area (Å²) in [6.07, 6.45) is 6.83. The van der Waals surface area contributed by atoms with Crippen molar-refractivity contribution in [3.8, 4) is 11.5 Å².